The van der Waals surface area contributed by atoms with Gasteiger partial charge >= 0.3 is 0 Å². The molecule has 2 amide bonds. The average Bonchev–Trinajstić information content (AvgIpc) is 3.50. The molecule has 1 aliphatic carbocycles. The number of hydrogen-bond acceptors (Lipinski definition) is 3. The van der Waals surface area contributed by atoms with Gasteiger partial charge in [-0.25, -0.2) is 0 Å². The summed E-state index contributed by atoms with van der Waals surface area (Å²) in [5, 5.41) is 5.59. The van der Waals surface area contributed by atoms with Crippen LogP contribution < -0.4 is 5.32 Å². The third-order valence-electron chi connectivity index (χ3n) is 6.59. The van der Waals surface area contributed by atoms with Gasteiger partial charge in [-0.05, 0) is 60.5 Å². The van der Waals surface area contributed by atoms with Crippen LogP contribution in [-0.2, 0) is 4.79 Å². The summed E-state index contributed by atoms with van der Waals surface area (Å²) < 4.78 is 0. The van der Waals surface area contributed by atoms with Crippen LogP contribution in [-0.4, -0.2) is 22.8 Å². The number of rotatable bonds is 4. The monoisotopic (exact) mass is 464 g/mol. The molecule has 2 atom stereocenters. The largest absolute Gasteiger partial charge is 0.327 e. The number of anilines is 1. The van der Waals surface area contributed by atoms with Crippen LogP contribution in [0.25, 0.3) is 0 Å². The number of amides is 2. The van der Waals surface area contributed by atoms with Gasteiger partial charge in [0.2, 0.25) is 5.91 Å². The Morgan fingerprint density at radius 3 is 2.59 bits per heavy atom. The highest BCUT2D eigenvalue weighted by atomic mass is 35.5. The summed E-state index contributed by atoms with van der Waals surface area (Å²) in [5.74, 6) is -0.624. The van der Waals surface area contributed by atoms with Crippen molar-refractivity contribution in [2.75, 3.05) is 5.32 Å². The van der Waals surface area contributed by atoms with Crippen LogP contribution in [0.15, 0.2) is 60.0 Å². The third kappa shape index (κ3) is 3.74. The van der Waals surface area contributed by atoms with Gasteiger partial charge in [-0.2, -0.15) is 0 Å². The highest BCUT2D eigenvalue weighted by molar-refractivity contribution is 7.10. The average molecular weight is 465 g/mol. The van der Waals surface area contributed by atoms with Gasteiger partial charge < -0.3 is 10.2 Å². The van der Waals surface area contributed by atoms with E-state index in [1.165, 1.54) is 0 Å². The van der Waals surface area contributed by atoms with Gasteiger partial charge in [0.25, 0.3) is 5.91 Å². The van der Waals surface area contributed by atoms with Crippen molar-refractivity contribution in [3.8, 4) is 0 Å². The summed E-state index contributed by atoms with van der Waals surface area (Å²) in [5.41, 5.74) is 3.03. The molecule has 1 fully saturated rings. The fraction of sp³-hybridized carbons (Fsp3) is 0.308. The Bertz CT molecular complexity index is 1150. The van der Waals surface area contributed by atoms with E-state index in [0.717, 1.165) is 41.7 Å². The maximum Gasteiger partial charge on any atom is 0.254 e. The first kappa shape index (κ1) is 21.2. The maximum absolute atomic E-state index is 13.8. The number of halogens is 1. The van der Waals surface area contributed by atoms with Gasteiger partial charge in [-0.15, -0.1) is 11.3 Å². The zero-order valence-corrected chi connectivity index (χ0v) is 19.5. The van der Waals surface area contributed by atoms with Crippen molar-refractivity contribution in [2.45, 2.75) is 50.6 Å². The van der Waals surface area contributed by atoms with E-state index < -0.39 is 5.92 Å². The van der Waals surface area contributed by atoms with E-state index >= 15 is 0 Å². The molecule has 1 aromatic heterocycles. The predicted octanol–water partition coefficient (Wildman–Crippen LogP) is 6.57. The molecule has 3 aromatic rings. The van der Waals surface area contributed by atoms with Gasteiger partial charge in [-0.1, -0.05) is 54.8 Å². The van der Waals surface area contributed by atoms with Gasteiger partial charge in [0, 0.05) is 16.5 Å². The lowest BCUT2D eigenvalue weighted by atomic mass is 9.80. The van der Waals surface area contributed by atoms with E-state index in [1.54, 1.807) is 11.3 Å². The lowest BCUT2D eigenvalue weighted by Gasteiger charge is -2.44. The van der Waals surface area contributed by atoms with Crippen LogP contribution in [0.3, 0.4) is 0 Å². The molecule has 0 unspecified atom stereocenters. The molecule has 6 heteroatoms. The summed E-state index contributed by atoms with van der Waals surface area (Å²) >= 11 is 8.03. The summed E-state index contributed by atoms with van der Waals surface area (Å²) in [6.07, 6.45) is 4.19. The van der Waals surface area contributed by atoms with Crippen molar-refractivity contribution >= 4 is 40.4 Å². The fourth-order valence-corrected chi connectivity index (χ4v) is 6.25. The Morgan fingerprint density at radius 2 is 1.88 bits per heavy atom. The molecule has 2 heterocycles. The number of fused-ring (bicyclic) bond motifs is 1. The zero-order chi connectivity index (χ0) is 22.2. The number of benzene rings is 2. The Kier molecular flexibility index (Phi) is 5.78. The first-order valence-electron chi connectivity index (χ1n) is 11.1. The smallest absolute Gasteiger partial charge is 0.254 e. The van der Waals surface area contributed by atoms with E-state index in [-0.39, 0.29) is 23.9 Å². The molecular formula is C26H25ClN2O2S. The first-order chi connectivity index (χ1) is 15.5. The van der Waals surface area contributed by atoms with E-state index in [1.807, 2.05) is 71.8 Å². The Hall–Kier alpha value is -2.63. The second-order valence-electron chi connectivity index (χ2n) is 8.65. The third-order valence-corrected chi connectivity index (χ3v) is 7.85. The topological polar surface area (TPSA) is 49.4 Å². The summed E-state index contributed by atoms with van der Waals surface area (Å²) in [6.45, 7) is 1.97. The zero-order valence-electron chi connectivity index (χ0n) is 17.9. The van der Waals surface area contributed by atoms with E-state index in [2.05, 4.69) is 5.32 Å². The molecule has 5 rings (SSSR count). The molecule has 0 bridgehead atoms. The summed E-state index contributed by atoms with van der Waals surface area (Å²) in [7, 11) is 0. The van der Waals surface area contributed by atoms with Gasteiger partial charge in [0.1, 0.15) is 0 Å². The minimum Gasteiger partial charge on any atom is -0.327 e. The van der Waals surface area contributed by atoms with Crippen LogP contribution >= 0.6 is 22.9 Å². The predicted molar refractivity (Wildman–Crippen MR) is 129 cm³/mol. The fourth-order valence-electron chi connectivity index (χ4n) is 5.11. The van der Waals surface area contributed by atoms with Crippen molar-refractivity contribution in [1.82, 2.24) is 4.90 Å². The SMILES string of the molecule is Cc1ccc(NC(=O)[C@H]2c3ccccc3C(=O)N(C3CCCC3)[C@@H]2c2cccs2)c(Cl)c1. The molecule has 4 nitrogen and oxygen atoms in total. The van der Waals surface area contributed by atoms with Crippen LogP contribution in [0.1, 0.15) is 64.0 Å². The molecule has 1 N–H and O–H groups in total. The number of aryl methyl sites for hydroxylation is 1. The standard InChI is InChI=1S/C26H25ClN2O2S/c1-16-12-13-21(20(27)15-16)28-25(30)23-18-9-4-5-10-19(18)26(31)29(17-7-2-3-8-17)24(23)22-11-6-14-32-22/h4-6,9-15,17,23-24H,2-3,7-8H2,1H3,(H,28,30)/t23-,24+/m0/s1. The van der Waals surface area contributed by atoms with Crippen LogP contribution in [0, 0.1) is 6.92 Å². The minimum absolute atomic E-state index is 0.0309. The molecule has 1 saturated carbocycles. The number of thiophene rings is 1. The van der Waals surface area contributed by atoms with Crippen LogP contribution in [0.5, 0.6) is 0 Å². The highest BCUT2D eigenvalue weighted by Gasteiger charge is 2.47. The molecular weight excluding hydrogens is 440 g/mol. The van der Waals surface area contributed by atoms with Crippen molar-refractivity contribution in [3.63, 3.8) is 0 Å². The van der Waals surface area contributed by atoms with E-state index in [4.69, 9.17) is 11.6 Å². The normalized spacial score (nSPS) is 20.9. The quantitative estimate of drug-likeness (QED) is 0.474. The molecule has 32 heavy (non-hydrogen) atoms. The summed E-state index contributed by atoms with van der Waals surface area (Å²) in [4.78, 5) is 30.6. The van der Waals surface area contributed by atoms with Crippen molar-refractivity contribution in [2.24, 2.45) is 0 Å². The second-order valence-corrected chi connectivity index (χ2v) is 10.0. The Morgan fingerprint density at radius 1 is 1.09 bits per heavy atom. The Balaban J connectivity index is 1.62. The maximum atomic E-state index is 13.8. The number of carbonyl (C=O) groups is 2. The number of carbonyl (C=O) groups excluding carboxylic acids is 2. The van der Waals surface area contributed by atoms with Gasteiger partial charge in [0.15, 0.2) is 0 Å². The van der Waals surface area contributed by atoms with Crippen molar-refractivity contribution < 1.29 is 9.59 Å². The van der Waals surface area contributed by atoms with E-state index in [9.17, 15) is 9.59 Å². The Labute approximate surface area is 197 Å². The number of hydrogen-bond donors (Lipinski definition) is 1. The van der Waals surface area contributed by atoms with Crippen molar-refractivity contribution in [1.29, 1.82) is 0 Å². The molecule has 1 aliphatic heterocycles. The van der Waals surface area contributed by atoms with Crippen molar-refractivity contribution in [3.05, 3.63) is 86.6 Å². The van der Waals surface area contributed by atoms with Gasteiger partial charge in [-0.3, -0.25) is 9.59 Å². The lowest BCUT2D eigenvalue weighted by molar-refractivity contribution is -0.119. The van der Waals surface area contributed by atoms with Crippen LogP contribution in [0.2, 0.25) is 5.02 Å². The second kappa shape index (κ2) is 8.72. The molecule has 2 aliphatic rings. The first-order valence-corrected chi connectivity index (χ1v) is 12.3. The number of nitrogens with one attached hydrogen (secondary N) is 1. The summed E-state index contributed by atoms with van der Waals surface area (Å²) in [6, 6.07) is 17.0. The molecule has 0 saturated heterocycles. The molecule has 0 spiro atoms. The minimum atomic E-state index is -0.513. The molecule has 0 radical (unpaired) electrons. The van der Waals surface area contributed by atoms with E-state index in [0.29, 0.717) is 16.3 Å². The lowest BCUT2D eigenvalue weighted by Crippen LogP contribution is -2.49. The molecule has 164 valence electrons. The number of nitrogens with zero attached hydrogens (tertiary/aromatic N) is 1. The van der Waals surface area contributed by atoms with Crippen LogP contribution in [0.4, 0.5) is 5.69 Å². The van der Waals surface area contributed by atoms with Gasteiger partial charge in [0.05, 0.1) is 22.7 Å². The highest BCUT2D eigenvalue weighted by Crippen LogP contribution is 2.47. The molecule has 2 aromatic carbocycles.